The van der Waals surface area contributed by atoms with Gasteiger partial charge in [0.1, 0.15) is 11.6 Å². The van der Waals surface area contributed by atoms with Crippen LogP contribution < -0.4 is 10.1 Å². The predicted octanol–water partition coefficient (Wildman–Crippen LogP) is 4.22. The highest BCUT2D eigenvalue weighted by atomic mass is 19.4. The maximum atomic E-state index is 13.8. The first kappa shape index (κ1) is 16.8. The third-order valence-electron chi connectivity index (χ3n) is 2.79. The molecule has 1 N–H and O–H groups in total. The number of benzene rings is 1. The lowest BCUT2D eigenvalue weighted by atomic mass is 10.1. The molecule has 0 radical (unpaired) electrons. The van der Waals surface area contributed by atoms with Crippen LogP contribution >= 0.6 is 0 Å². The van der Waals surface area contributed by atoms with E-state index >= 15 is 0 Å². The average molecular weight is 293 g/mol. The zero-order valence-electron chi connectivity index (χ0n) is 11.6. The summed E-state index contributed by atoms with van der Waals surface area (Å²) in [7, 11) is 0. The molecule has 0 aromatic heterocycles. The summed E-state index contributed by atoms with van der Waals surface area (Å²) in [6.07, 6.45) is -4.46. The number of ether oxygens (including phenoxy) is 1. The summed E-state index contributed by atoms with van der Waals surface area (Å²) >= 11 is 0. The number of halogens is 4. The Hall–Kier alpha value is -1.30. The van der Waals surface area contributed by atoms with Crippen LogP contribution in [0, 0.1) is 5.82 Å². The van der Waals surface area contributed by atoms with Gasteiger partial charge in [0.25, 0.3) is 0 Å². The monoisotopic (exact) mass is 293 g/mol. The molecule has 0 spiro atoms. The fourth-order valence-corrected chi connectivity index (χ4v) is 1.80. The quantitative estimate of drug-likeness (QED) is 0.760. The molecule has 0 heterocycles. The molecule has 114 valence electrons. The van der Waals surface area contributed by atoms with Gasteiger partial charge in [-0.25, -0.2) is 4.39 Å². The summed E-state index contributed by atoms with van der Waals surface area (Å²) in [5, 5.41) is 3.09. The Balaban J connectivity index is 2.77. The molecule has 6 heteroatoms. The summed E-state index contributed by atoms with van der Waals surface area (Å²) in [6, 6.07) is 3.86. The van der Waals surface area contributed by atoms with Crippen LogP contribution in [-0.4, -0.2) is 19.3 Å². The van der Waals surface area contributed by atoms with Crippen LogP contribution in [0.4, 0.5) is 17.6 Å². The van der Waals surface area contributed by atoms with E-state index in [1.54, 1.807) is 6.92 Å². The second kappa shape index (κ2) is 7.47. The van der Waals surface area contributed by atoms with E-state index in [2.05, 4.69) is 5.32 Å². The van der Waals surface area contributed by atoms with Gasteiger partial charge in [-0.1, -0.05) is 13.0 Å². The fraction of sp³-hybridized carbons (Fsp3) is 0.571. The topological polar surface area (TPSA) is 21.3 Å². The molecule has 0 aliphatic rings. The highest BCUT2D eigenvalue weighted by molar-refractivity contribution is 5.37. The van der Waals surface area contributed by atoms with Crippen molar-refractivity contribution in [2.75, 3.05) is 13.2 Å². The molecule has 2 nitrogen and oxygen atoms in total. The molecule has 1 aromatic carbocycles. The minimum atomic E-state index is -4.28. The molecule has 0 aliphatic carbocycles. The van der Waals surface area contributed by atoms with Gasteiger partial charge in [0.05, 0.1) is 13.0 Å². The third-order valence-corrected chi connectivity index (χ3v) is 2.79. The largest absolute Gasteiger partial charge is 0.493 e. The maximum Gasteiger partial charge on any atom is 0.392 e. The molecule has 0 bridgehead atoms. The van der Waals surface area contributed by atoms with Gasteiger partial charge in [-0.15, -0.1) is 0 Å². The molecular formula is C14H19F4NO. The van der Waals surface area contributed by atoms with E-state index in [9.17, 15) is 17.6 Å². The molecule has 0 amide bonds. The second-order valence-electron chi connectivity index (χ2n) is 4.54. The minimum absolute atomic E-state index is 0.158. The van der Waals surface area contributed by atoms with E-state index < -0.39 is 25.0 Å². The predicted molar refractivity (Wildman–Crippen MR) is 69.3 cm³/mol. The molecule has 0 aliphatic heterocycles. The van der Waals surface area contributed by atoms with Crippen molar-refractivity contribution in [3.05, 3.63) is 29.6 Å². The number of alkyl halides is 3. The standard InChI is InChI=1S/C14H19F4NO/c1-3-8-19-10(2)13-11(15)5-4-6-12(13)20-9-7-14(16,17)18/h4-6,10,19H,3,7-9H2,1-2H3. The first-order valence-electron chi connectivity index (χ1n) is 6.56. The Bertz CT molecular complexity index is 420. The van der Waals surface area contributed by atoms with Crippen molar-refractivity contribution in [1.82, 2.24) is 5.32 Å². The van der Waals surface area contributed by atoms with Crippen molar-refractivity contribution < 1.29 is 22.3 Å². The van der Waals surface area contributed by atoms with Crippen LogP contribution in [0.15, 0.2) is 18.2 Å². The number of nitrogens with one attached hydrogen (secondary N) is 1. The van der Waals surface area contributed by atoms with Gasteiger partial charge in [-0.2, -0.15) is 13.2 Å². The van der Waals surface area contributed by atoms with Crippen molar-refractivity contribution in [3.8, 4) is 5.75 Å². The summed E-state index contributed by atoms with van der Waals surface area (Å²) < 4.78 is 55.2. The summed E-state index contributed by atoms with van der Waals surface area (Å²) in [6.45, 7) is 3.91. The van der Waals surface area contributed by atoms with Gasteiger partial charge in [-0.05, 0) is 32.0 Å². The second-order valence-corrected chi connectivity index (χ2v) is 4.54. The van der Waals surface area contributed by atoms with Crippen LogP contribution in [0.2, 0.25) is 0 Å². The van der Waals surface area contributed by atoms with E-state index in [0.717, 1.165) is 6.42 Å². The lowest BCUT2D eigenvalue weighted by Gasteiger charge is -2.19. The lowest BCUT2D eigenvalue weighted by Crippen LogP contribution is -2.21. The SMILES string of the molecule is CCCNC(C)c1c(F)cccc1OCCC(F)(F)F. The first-order valence-corrected chi connectivity index (χ1v) is 6.56. The smallest absolute Gasteiger partial charge is 0.392 e. The van der Waals surface area contributed by atoms with Crippen molar-refractivity contribution in [2.45, 2.75) is 38.9 Å². The highest BCUT2D eigenvalue weighted by Crippen LogP contribution is 2.29. The molecule has 1 aromatic rings. The first-order chi connectivity index (χ1) is 9.35. The van der Waals surface area contributed by atoms with Gasteiger partial charge in [0.2, 0.25) is 0 Å². The Morgan fingerprint density at radius 2 is 2.00 bits per heavy atom. The normalized spacial score (nSPS) is 13.3. The lowest BCUT2D eigenvalue weighted by molar-refractivity contribution is -0.139. The molecule has 20 heavy (non-hydrogen) atoms. The van der Waals surface area contributed by atoms with E-state index in [4.69, 9.17) is 4.74 Å². The van der Waals surface area contributed by atoms with Gasteiger partial charge in [0, 0.05) is 11.6 Å². The van der Waals surface area contributed by atoms with Gasteiger partial charge < -0.3 is 10.1 Å². The highest BCUT2D eigenvalue weighted by Gasteiger charge is 2.27. The molecule has 0 fully saturated rings. The summed E-state index contributed by atoms with van der Waals surface area (Å²) in [4.78, 5) is 0. The zero-order chi connectivity index (χ0) is 15.2. The van der Waals surface area contributed by atoms with Crippen LogP contribution in [-0.2, 0) is 0 Å². The van der Waals surface area contributed by atoms with Crippen LogP contribution in [0.25, 0.3) is 0 Å². The molecule has 1 unspecified atom stereocenters. The van der Waals surface area contributed by atoms with Crippen molar-refractivity contribution >= 4 is 0 Å². The molecule has 1 atom stereocenters. The molecule has 0 saturated carbocycles. The zero-order valence-corrected chi connectivity index (χ0v) is 11.6. The minimum Gasteiger partial charge on any atom is -0.493 e. The van der Waals surface area contributed by atoms with Gasteiger partial charge in [-0.3, -0.25) is 0 Å². The van der Waals surface area contributed by atoms with Crippen molar-refractivity contribution in [3.63, 3.8) is 0 Å². The third kappa shape index (κ3) is 5.36. The van der Waals surface area contributed by atoms with E-state index in [-0.39, 0.29) is 17.4 Å². The van der Waals surface area contributed by atoms with Crippen molar-refractivity contribution in [1.29, 1.82) is 0 Å². The molecule has 0 saturated heterocycles. The fourth-order valence-electron chi connectivity index (χ4n) is 1.80. The number of hydrogen-bond acceptors (Lipinski definition) is 2. The molecule has 1 rings (SSSR count). The Morgan fingerprint density at radius 3 is 2.60 bits per heavy atom. The van der Waals surface area contributed by atoms with Crippen molar-refractivity contribution in [2.24, 2.45) is 0 Å². The van der Waals surface area contributed by atoms with E-state index in [0.29, 0.717) is 6.54 Å². The average Bonchev–Trinajstić information content (AvgIpc) is 2.34. The van der Waals surface area contributed by atoms with Gasteiger partial charge in [0.15, 0.2) is 0 Å². The summed E-state index contributed by atoms with van der Waals surface area (Å²) in [5.74, 6) is -0.323. The molecular weight excluding hydrogens is 274 g/mol. The Kier molecular flexibility index (Phi) is 6.26. The Morgan fingerprint density at radius 1 is 1.30 bits per heavy atom. The van der Waals surface area contributed by atoms with Gasteiger partial charge >= 0.3 is 6.18 Å². The van der Waals surface area contributed by atoms with E-state index in [1.165, 1.54) is 18.2 Å². The van der Waals surface area contributed by atoms with Crippen LogP contribution in [0.3, 0.4) is 0 Å². The van der Waals surface area contributed by atoms with Crippen LogP contribution in [0.5, 0.6) is 5.75 Å². The summed E-state index contributed by atoms with van der Waals surface area (Å²) in [5.41, 5.74) is 0.267. The number of rotatable bonds is 7. The van der Waals surface area contributed by atoms with E-state index in [1.807, 2.05) is 6.92 Å². The van der Waals surface area contributed by atoms with Crippen LogP contribution in [0.1, 0.15) is 38.3 Å². The maximum absolute atomic E-state index is 13.8. The Labute approximate surface area is 116 Å². The number of hydrogen-bond donors (Lipinski definition) is 1.